The maximum atomic E-state index is 9.99. The first-order valence-corrected chi connectivity index (χ1v) is 4.32. The largest absolute Gasteiger partial charge is 0.393 e. The molecule has 0 heterocycles. The predicted octanol–water partition coefficient (Wildman–Crippen LogP) is 1.76. The van der Waals surface area contributed by atoms with Crippen molar-refractivity contribution in [1.82, 2.24) is 0 Å². The molecule has 0 saturated heterocycles. The summed E-state index contributed by atoms with van der Waals surface area (Å²) >= 11 is 0. The summed E-state index contributed by atoms with van der Waals surface area (Å²) in [5, 5.41) is 9.21. The number of hydrogen-bond donors (Lipinski definition) is 1. The Morgan fingerprint density at radius 3 is 2.64 bits per heavy atom. The van der Waals surface area contributed by atoms with E-state index in [1.165, 1.54) is 0 Å². The number of aliphatic hydroxyl groups is 1. The predicted molar refractivity (Wildman–Crippen MR) is 45.4 cm³/mol. The molecule has 1 N–H and O–H groups in total. The zero-order chi connectivity index (χ0) is 8.69. The third-order valence-corrected chi connectivity index (χ3v) is 1.82. The SMILES string of the molecule is CCCC(C)CC(O)CC=O. The van der Waals surface area contributed by atoms with Gasteiger partial charge in [0.05, 0.1) is 6.10 Å². The molecule has 0 radical (unpaired) electrons. The number of hydrogen-bond acceptors (Lipinski definition) is 2. The summed E-state index contributed by atoms with van der Waals surface area (Å²) in [5.74, 6) is 0.537. The fourth-order valence-electron chi connectivity index (χ4n) is 1.28. The molecule has 0 fully saturated rings. The Morgan fingerprint density at radius 2 is 2.18 bits per heavy atom. The van der Waals surface area contributed by atoms with Gasteiger partial charge in [0.25, 0.3) is 0 Å². The van der Waals surface area contributed by atoms with E-state index in [0.29, 0.717) is 5.92 Å². The molecule has 0 aromatic carbocycles. The van der Waals surface area contributed by atoms with Crippen LogP contribution < -0.4 is 0 Å². The van der Waals surface area contributed by atoms with E-state index >= 15 is 0 Å². The monoisotopic (exact) mass is 158 g/mol. The van der Waals surface area contributed by atoms with Gasteiger partial charge in [-0.1, -0.05) is 26.7 Å². The molecular weight excluding hydrogens is 140 g/mol. The van der Waals surface area contributed by atoms with E-state index in [-0.39, 0.29) is 6.42 Å². The molecule has 0 saturated carbocycles. The minimum atomic E-state index is -0.422. The molecule has 2 atom stereocenters. The van der Waals surface area contributed by atoms with Gasteiger partial charge in [-0.15, -0.1) is 0 Å². The second-order valence-electron chi connectivity index (χ2n) is 3.19. The van der Waals surface area contributed by atoms with Crippen LogP contribution in [0.3, 0.4) is 0 Å². The van der Waals surface area contributed by atoms with Crippen molar-refractivity contribution in [3.05, 3.63) is 0 Å². The summed E-state index contributed by atoms with van der Waals surface area (Å²) in [7, 11) is 0. The van der Waals surface area contributed by atoms with Crippen molar-refractivity contribution >= 4 is 6.29 Å². The smallest absolute Gasteiger partial charge is 0.122 e. The minimum Gasteiger partial charge on any atom is -0.393 e. The molecule has 0 rings (SSSR count). The quantitative estimate of drug-likeness (QED) is 0.598. The Labute approximate surface area is 68.6 Å². The van der Waals surface area contributed by atoms with Gasteiger partial charge in [-0.25, -0.2) is 0 Å². The second-order valence-corrected chi connectivity index (χ2v) is 3.19. The van der Waals surface area contributed by atoms with E-state index < -0.39 is 6.10 Å². The first-order valence-electron chi connectivity index (χ1n) is 4.32. The fraction of sp³-hybridized carbons (Fsp3) is 0.889. The Bertz CT molecular complexity index is 102. The lowest BCUT2D eigenvalue weighted by molar-refractivity contribution is -0.109. The van der Waals surface area contributed by atoms with Crippen molar-refractivity contribution in [3.63, 3.8) is 0 Å². The van der Waals surface area contributed by atoms with Crippen LogP contribution in [0.2, 0.25) is 0 Å². The summed E-state index contributed by atoms with van der Waals surface area (Å²) in [6.45, 7) is 4.24. The molecule has 0 aliphatic heterocycles. The van der Waals surface area contributed by atoms with Gasteiger partial charge < -0.3 is 9.90 Å². The Kier molecular flexibility index (Phi) is 6.13. The van der Waals surface area contributed by atoms with E-state index in [2.05, 4.69) is 13.8 Å². The van der Waals surface area contributed by atoms with Crippen molar-refractivity contribution in [3.8, 4) is 0 Å². The van der Waals surface area contributed by atoms with Crippen LogP contribution in [0.15, 0.2) is 0 Å². The average Bonchev–Trinajstić information content (AvgIpc) is 1.87. The van der Waals surface area contributed by atoms with E-state index in [0.717, 1.165) is 25.5 Å². The molecule has 0 spiro atoms. The van der Waals surface area contributed by atoms with E-state index in [4.69, 9.17) is 0 Å². The highest BCUT2D eigenvalue weighted by molar-refractivity contribution is 5.49. The highest BCUT2D eigenvalue weighted by Gasteiger charge is 2.08. The van der Waals surface area contributed by atoms with Crippen molar-refractivity contribution in [2.75, 3.05) is 0 Å². The maximum Gasteiger partial charge on any atom is 0.122 e. The van der Waals surface area contributed by atoms with Gasteiger partial charge in [-0.2, -0.15) is 0 Å². The van der Waals surface area contributed by atoms with Crippen LogP contribution in [0.5, 0.6) is 0 Å². The van der Waals surface area contributed by atoms with Crippen LogP contribution in [0, 0.1) is 5.92 Å². The lowest BCUT2D eigenvalue weighted by Gasteiger charge is -2.12. The van der Waals surface area contributed by atoms with Crippen LogP contribution >= 0.6 is 0 Å². The molecule has 0 aromatic rings. The van der Waals surface area contributed by atoms with Crippen molar-refractivity contribution < 1.29 is 9.90 Å². The molecule has 0 aliphatic carbocycles. The van der Waals surface area contributed by atoms with Crippen molar-refractivity contribution in [2.24, 2.45) is 5.92 Å². The lowest BCUT2D eigenvalue weighted by Crippen LogP contribution is -2.11. The van der Waals surface area contributed by atoms with Crippen LogP contribution in [0.25, 0.3) is 0 Å². The summed E-state index contributed by atoms with van der Waals surface area (Å²) in [6, 6.07) is 0. The van der Waals surface area contributed by atoms with E-state index in [9.17, 15) is 9.90 Å². The Balaban J connectivity index is 3.39. The minimum absolute atomic E-state index is 0.286. The zero-order valence-electron chi connectivity index (χ0n) is 7.42. The maximum absolute atomic E-state index is 9.99. The number of rotatable bonds is 6. The normalized spacial score (nSPS) is 15.9. The summed E-state index contributed by atoms with van der Waals surface area (Å²) in [6.07, 6.45) is 3.68. The van der Waals surface area contributed by atoms with Gasteiger partial charge in [0, 0.05) is 6.42 Å². The first kappa shape index (κ1) is 10.6. The lowest BCUT2D eigenvalue weighted by atomic mass is 9.98. The topological polar surface area (TPSA) is 37.3 Å². The third kappa shape index (κ3) is 6.05. The number of carbonyl (C=O) groups is 1. The summed E-state index contributed by atoms with van der Waals surface area (Å²) < 4.78 is 0. The molecule has 0 amide bonds. The van der Waals surface area contributed by atoms with Gasteiger partial charge in [-0.3, -0.25) is 0 Å². The molecular formula is C9H18O2. The fourth-order valence-corrected chi connectivity index (χ4v) is 1.28. The zero-order valence-corrected chi connectivity index (χ0v) is 7.42. The molecule has 0 aliphatic rings. The Morgan fingerprint density at radius 1 is 1.55 bits per heavy atom. The number of aliphatic hydroxyl groups excluding tert-OH is 1. The molecule has 66 valence electrons. The molecule has 2 nitrogen and oxygen atoms in total. The van der Waals surface area contributed by atoms with Crippen molar-refractivity contribution in [1.29, 1.82) is 0 Å². The number of carbonyl (C=O) groups excluding carboxylic acids is 1. The Hall–Kier alpha value is -0.370. The standard InChI is InChI=1S/C9H18O2/c1-3-4-8(2)7-9(11)5-6-10/h6,8-9,11H,3-5,7H2,1-2H3. The van der Waals surface area contributed by atoms with Crippen LogP contribution in [0.1, 0.15) is 39.5 Å². The van der Waals surface area contributed by atoms with Gasteiger partial charge in [-0.05, 0) is 12.3 Å². The highest BCUT2D eigenvalue weighted by atomic mass is 16.3. The van der Waals surface area contributed by atoms with Gasteiger partial charge in [0.1, 0.15) is 6.29 Å². The van der Waals surface area contributed by atoms with Crippen LogP contribution in [-0.2, 0) is 4.79 Å². The molecule has 2 heteroatoms. The average molecular weight is 158 g/mol. The first-order chi connectivity index (χ1) is 5.20. The van der Waals surface area contributed by atoms with Gasteiger partial charge >= 0.3 is 0 Å². The third-order valence-electron chi connectivity index (χ3n) is 1.82. The van der Waals surface area contributed by atoms with E-state index in [1.807, 2.05) is 0 Å². The molecule has 0 aromatic heterocycles. The summed E-state index contributed by atoms with van der Waals surface area (Å²) in [4.78, 5) is 9.99. The van der Waals surface area contributed by atoms with Crippen LogP contribution in [-0.4, -0.2) is 17.5 Å². The second kappa shape index (κ2) is 6.35. The molecule has 0 bridgehead atoms. The highest BCUT2D eigenvalue weighted by Crippen LogP contribution is 2.13. The van der Waals surface area contributed by atoms with E-state index in [1.54, 1.807) is 0 Å². The van der Waals surface area contributed by atoms with Gasteiger partial charge in [0.2, 0.25) is 0 Å². The molecule has 2 unspecified atom stereocenters. The van der Waals surface area contributed by atoms with Gasteiger partial charge in [0.15, 0.2) is 0 Å². The summed E-state index contributed by atoms with van der Waals surface area (Å²) in [5.41, 5.74) is 0. The van der Waals surface area contributed by atoms with Crippen molar-refractivity contribution in [2.45, 2.75) is 45.6 Å². The molecule has 11 heavy (non-hydrogen) atoms. The van der Waals surface area contributed by atoms with Crippen LogP contribution in [0.4, 0.5) is 0 Å². The number of aldehydes is 1.